The van der Waals surface area contributed by atoms with Gasteiger partial charge in [-0.2, -0.15) is 0 Å². The third kappa shape index (κ3) is 6.22. The minimum atomic E-state index is -0.860. The van der Waals surface area contributed by atoms with E-state index >= 15 is 0 Å². The van der Waals surface area contributed by atoms with E-state index < -0.39 is 12.2 Å². The van der Waals surface area contributed by atoms with Gasteiger partial charge in [-0.1, -0.05) is 12.2 Å². The molecule has 0 aliphatic rings. The molecular formula is C10H19NO4. The topological polar surface area (TPSA) is 70.0 Å². The largest absolute Gasteiger partial charge is 0.392 e. The van der Waals surface area contributed by atoms with Gasteiger partial charge < -0.3 is 10.2 Å². The van der Waals surface area contributed by atoms with Crippen molar-refractivity contribution >= 4 is 5.91 Å². The molecule has 0 saturated heterocycles. The van der Waals surface area contributed by atoms with Crippen LogP contribution in [0.4, 0.5) is 0 Å². The highest BCUT2D eigenvalue weighted by molar-refractivity contribution is 5.75. The smallest absolute Gasteiger partial charge is 0.248 e. The Kier molecular flexibility index (Phi) is 6.94. The lowest BCUT2D eigenvalue weighted by Gasteiger charge is -2.17. The summed E-state index contributed by atoms with van der Waals surface area (Å²) in [6.45, 7) is 1.78. The molecule has 0 aromatic heterocycles. The first kappa shape index (κ1) is 14.1. The Bertz CT molecular complexity index is 217. The van der Waals surface area contributed by atoms with Crippen molar-refractivity contribution in [3.05, 3.63) is 12.2 Å². The number of aliphatic hydroxyl groups is 2. The van der Waals surface area contributed by atoms with Gasteiger partial charge in [-0.3, -0.25) is 9.63 Å². The Hall–Kier alpha value is -0.910. The highest BCUT2D eigenvalue weighted by atomic mass is 16.7. The maximum absolute atomic E-state index is 11.3. The summed E-state index contributed by atoms with van der Waals surface area (Å²) in [4.78, 5) is 15.9. The number of hydrogen-bond acceptors (Lipinski definition) is 4. The molecule has 0 fully saturated rings. The van der Waals surface area contributed by atoms with E-state index in [0.29, 0.717) is 0 Å². The lowest BCUT2D eigenvalue weighted by molar-refractivity contribution is -0.170. The Morgan fingerprint density at radius 3 is 2.60 bits per heavy atom. The van der Waals surface area contributed by atoms with Gasteiger partial charge in [-0.15, -0.1) is 0 Å². The molecule has 0 aromatic carbocycles. The van der Waals surface area contributed by atoms with E-state index in [0.717, 1.165) is 5.06 Å². The standard InChI is InChI=1S/C10H19NO4/c1-4-5-8(12)6-9(13)7-10(14)11(2)15-3/h4-5,8-9,12-13H,6-7H2,1-3H3/b5-4+/t8-,9-/m1/s1. The Morgan fingerprint density at radius 2 is 2.13 bits per heavy atom. The van der Waals surface area contributed by atoms with E-state index in [1.165, 1.54) is 14.2 Å². The average molecular weight is 217 g/mol. The zero-order valence-corrected chi connectivity index (χ0v) is 9.38. The highest BCUT2D eigenvalue weighted by Crippen LogP contribution is 2.05. The summed E-state index contributed by atoms with van der Waals surface area (Å²) < 4.78 is 0. The van der Waals surface area contributed by atoms with Crippen LogP contribution in [0.5, 0.6) is 0 Å². The van der Waals surface area contributed by atoms with Crippen LogP contribution in [-0.4, -0.2) is 47.5 Å². The van der Waals surface area contributed by atoms with Gasteiger partial charge in [0.25, 0.3) is 0 Å². The molecule has 0 aliphatic carbocycles. The number of carbonyl (C=O) groups excluding carboxylic acids is 1. The number of hydroxylamine groups is 2. The van der Waals surface area contributed by atoms with Crippen LogP contribution >= 0.6 is 0 Å². The maximum Gasteiger partial charge on any atom is 0.248 e. The van der Waals surface area contributed by atoms with Crippen LogP contribution in [0.25, 0.3) is 0 Å². The molecule has 5 heteroatoms. The molecule has 0 bridgehead atoms. The summed E-state index contributed by atoms with van der Waals surface area (Å²) in [7, 11) is 2.84. The van der Waals surface area contributed by atoms with Crippen LogP contribution in [0.2, 0.25) is 0 Å². The number of hydrogen-bond donors (Lipinski definition) is 2. The normalized spacial score (nSPS) is 15.3. The summed E-state index contributed by atoms with van der Waals surface area (Å²) in [6, 6.07) is 0. The van der Waals surface area contributed by atoms with Crippen LogP contribution in [-0.2, 0) is 9.63 Å². The highest BCUT2D eigenvalue weighted by Gasteiger charge is 2.16. The van der Waals surface area contributed by atoms with Gasteiger partial charge in [0.2, 0.25) is 5.91 Å². The van der Waals surface area contributed by atoms with Gasteiger partial charge in [0, 0.05) is 13.5 Å². The molecule has 0 radical (unpaired) electrons. The second-order valence-electron chi connectivity index (χ2n) is 3.26. The van der Waals surface area contributed by atoms with Gasteiger partial charge >= 0.3 is 0 Å². The summed E-state index contributed by atoms with van der Waals surface area (Å²) in [5.41, 5.74) is 0. The minimum absolute atomic E-state index is 0.0566. The molecule has 0 aliphatic heterocycles. The molecule has 0 aromatic rings. The van der Waals surface area contributed by atoms with E-state index in [4.69, 9.17) is 0 Å². The van der Waals surface area contributed by atoms with Crippen LogP contribution in [0.3, 0.4) is 0 Å². The third-order valence-corrected chi connectivity index (χ3v) is 1.96. The quantitative estimate of drug-likeness (QED) is 0.488. The first-order valence-corrected chi connectivity index (χ1v) is 4.80. The van der Waals surface area contributed by atoms with Crippen molar-refractivity contribution in [2.24, 2.45) is 0 Å². The molecule has 0 spiro atoms. The summed E-state index contributed by atoms with van der Waals surface area (Å²) in [6.07, 6.45) is 1.77. The van der Waals surface area contributed by atoms with Crippen LogP contribution in [0.15, 0.2) is 12.2 Å². The number of amides is 1. The SMILES string of the molecule is C/C=C/[C@@H](O)C[C@@H](O)CC(=O)N(C)OC. The maximum atomic E-state index is 11.3. The lowest BCUT2D eigenvalue weighted by Crippen LogP contribution is -2.30. The number of rotatable bonds is 6. The fourth-order valence-electron chi connectivity index (χ4n) is 1.09. The Labute approximate surface area is 89.9 Å². The molecule has 0 saturated carbocycles. The monoisotopic (exact) mass is 217 g/mol. The molecular weight excluding hydrogens is 198 g/mol. The van der Waals surface area contributed by atoms with Crippen molar-refractivity contribution in [1.29, 1.82) is 0 Å². The summed E-state index contributed by atoms with van der Waals surface area (Å²) >= 11 is 0. The molecule has 0 rings (SSSR count). The molecule has 2 atom stereocenters. The van der Waals surface area contributed by atoms with Crippen LogP contribution in [0, 0.1) is 0 Å². The molecule has 88 valence electrons. The van der Waals surface area contributed by atoms with Gasteiger partial charge in [0.05, 0.1) is 25.7 Å². The van der Waals surface area contributed by atoms with Gasteiger partial charge in [-0.05, 0) is 6.92 Å². The predicted octanol–water partition coefficient (Wildman–Crippen LogP) is 0.0843. The molecule has 15 heavy (non-hydrogen) atoms. The summed E-state index contributed by atoms with van der Waals surface area (Å²) in [5.74, 6) is -0.322. The molecule has 5 nitrogen and oxygen atoms in total. The van der Waals surface area contributed by atoms with Crippen molar-refractivity contribution in [1.82, 2.24) is 5.06 Å². The molecule has 1 amide bonds. The number of carbonyl (C=O) groups is 1. The van der Waals surface area contributed by atoms with E-state index in [2.05, 4.69) is 4.84 Å². The third-order valence-electron chi connectivity index (χ3n) is 1.96. The average Bonchev–Trinajstić information content (AvgIpc) is 2.16. The van der Waals surface area contributed by atoms with Crippen LogP contribution < -0.4 is 0 Å². The Balaban J connectivity index is 3.92. The Morgan fingerprint density at radius 1 is 1.53 bits per heavy atom. The minimum Gasteiger partial charge on any atom is -0.392 e. The van der Waals surface area contributed by atoms with E-state index in [1.54, 1.807) is 19.1 Å². The van der Waals surface area contributed by atoms with Crippen molar-refractivity contribution in [3.63, 3.8) is 0 Å². The van der Waals surface area contributed by atoms with E-state index in [-0.39, 0.29) is 18.7 Å². The van der Waals surface area contributed by atoms with Crippen molar-refractivity contribution < 1.29 is 19.8 Å². The summed E-state index contributed by atoms with van der Waals surface area (Å²) in [5, 5.41) is 19.8. The second-order valence-corrected chi connectivity index (χ2v) is 3.26. The van der Waals surface area contributed by atoms with Crippen molar-refractivity contribution in [2.45, 2.75) is 32.0 Å². The van der Waals surface area contributed by atoms with E-state index in [9.17, 15) is 15.0 Å². The fraction of sp³-hybridized carbons (Fsp3) is 0.700. The molecule has 2 N–H and O–H groups in total. The first-order valence-electron chi connectivity index (χ1n) is 4.80. The first-order chi connectivity index (χ1) is 7.01. The fourth-order valence-corrected chi connectivity index (χ4v) is 1.09. The van der Waals surface area contributed by atoms with Gasteiger partial charge in [0.15, 0.2) is 0 Å². The molecule has 0 heterocycles. The zero-order chi connectivity index (χ0) is 11.8. The van der Waals surface area contributed by atoms with Crippen molar-refractivity contribution in [3.8, 4) is 0 Å². The van der Waals surface area contributed by atoms with Crippen LogP contribution in [0.1, 0.15) is 19.8 Å². The number of aliphatic hydroxyl groups excluding tert-OH is 2. The zero-order valence-electron chi connectivity index (χ0n) is 9.38. The predicted molar refractivity (Wildman–Crippen MR) is 55.8 cm³/mol. The second kappa shape index (κ2) is 7.39. The lowest BCUT2D eigenvalue weighted by atomic mass is 10.1. The number of nitrogens with zero attached hydrogens (tertiary/aromatic N) is 1. The van der Waals surface area contributed by atoms with Gasteiger partial charge in [0.1, 0.15) is 0 Å². The number of allylic oxidation sites excluding steroid dienone is 1. The van der Waals surface area contributed by atoms with E-state index in [1.807, 2.05) is 0 Å². The van der Waals surface area contributed by atoms with Gasteiger partial charge in [-0.25, -0.2) is 5.06 Å². The van der Waals surface area contributed by atoms with Crippen molar-refractivity contribution in [2.75, 3.05) is 14.2 Å². The molecule has 0 unspecified atom stereocenters.